The van der Waals surface area contributed by atoms with Crippen LogP contribution in [0, 0.1) is 0 Å². The van der Waals surface area contributed by atoms with Crippen LogP contribution in [0.15, 0.2) is 15.0 Å². The summed E-state index contributed by atoms with van der Waals surface area (Å²) in [7, 11) is -4.37. The van der Waals surface area contributed by atoms with Crippen LogP contribution in [0.5, 0.6) is 0 Å². The van der Waals surface area contributed by atoms with Crippen LogP contribution in [0.2, 0.25) is 0 Å². The molecule has 18 nitrogen and oxygen atoms in total. The van der Waals surface area contributed by atoms with Gasteiger partial charge in [0.15, 0.2) is 0 Å². The van der Waals surface area contributed by atoms with Crippen molar-refractivity contribution in [2.75, 3.05) is 44.0 Å². The third-order valence-electron chi connectivity index (χ3n) is 6.23. The number of nitrogens with two attached hydrogens (primary N) is 4. The summed E-state index contributed by atoms with van der Waals surface area (Å²) < 4.78 is 14.5. The summed E-state index contributed by atoms with van der Waals surface area (Å²) in [6.07, 6.45) is 0.677. The van der Waals surface area contributed by atoms with Crippen molar-refractivity contribution in [3.63, 3.8) is 0 Å². The van der Waals surface area contributed by atoms with Crippen LogP contribution in [0.25, 0.3) is 0 Å². The van der Waals surface area contributed by atoms with E-state index in [1.54, 1.807) is 20.8 Å². The van der Waals surface area contributed by atoms with Crippen molar-refractivity contribution in [2.45, 2.75) is 77.4 Å². The van der Waals surface area contributed by atoms with E-state index in [0.29, 0.717) is 68.6 Å². The third-order valence-corrected chi connectivity index (χ3v) is 9.41. The van der Waals surface area contributed by atoms with Gasteiger partial charge in [-0.05, 0) is 59.3 Å². The van der Waals surface area contributed by atoms with Crippen molar-refractivity contribution in [1.29, 1.82) is 0 Å². The van der Waals surface area contributed by atoms with Gasteiger partial charge in [0.05, 0.1) is 24.1 Å². The summed E-state index contributed by atoms with van der Waals surface area (Å²) in [5.74, 6) is -3.76. The molecule has 50 heavy (non-hydrogen) atoms. The van der Waals surface area contributed by atoms with E-state index in [-0.39, 0.29) is 68.2 Å². The molecule has 1 amide bonds. The first-order valence-corrected chi connectivity index (χ1v) is 17.8. The Hall–Kier alpha value is -2.09. The van der Waals surface area contributed by atoms with Crippen molar-refractivity contribution in [3.8, 4) is 0 Å². The molecule has 0 aliphatic carbocycles. The Kier molecular flexibility index (Phi) is 36.2. The van der Waals surface area contributed by atoms with Crippen LogP contribution in [-0.2, 0) is 23.7 Å². The second kappa shape index (κ2) is 31.6. The predicted molar refractivity (Wildman–Crippen MR) is 209 cm³/mol. The number of amides is 1. The van der Waals surface area contributed by atoms with Crippen molar-refractivity contribution in [1.82, 2.24) is 15.1 Å². The van der Waals surface area contributed by atoms with Gasteiger partial charge in [-0.25, -0.2) is 15.0 Å². The van der Waals surface area contributed by atoms with Crippen LogP contribution in [0.4, 0.5) is 0 Å². The normalized spacial score (nSPS) is 14.6. The molecule has 13 N–H and O–H groups in total. The number of hydrogen-bond acceptors (Lipinski definition) is 10. The molecule has 0 saturated carbocycles. The number of amidine groups is 3. The van der Waals surface area contributed by atoms with Gasteiger partial charge in [-0.3, -0.25) is 33.9 Å². The first-order valence-electron chi connectivity index (χ1n) is 14.7. The molecule has 0 bridgehead atoms. The van der Waals surface area contributed by atoms with Crippen LogP contribution in [0.1, 0.15) is 59.3 Å². The number of hydrogen-bond donors (Lipinski definition) is 9. The quantitative estimate of drug-likeness (QED) is 0.0257. The van der Waals surface area contributed by atoms with Gasteiger partial charge >= 0.3 is 17.9 Å². The van der Waals surface area contributed by atoms with Crippen molar-refractivity contribution >= 4 is 110 Å². The highest BCUT2D eigenvalue weighted by Gasteiger charge is 2.39. The lowest BCUT2D eigenvalue weighted by Gasteiger charge is -2.35. The third kappa shape index (κ3) is 26.7. The van der Waals surface area contributed by atoms with Gasteiger partial charge in [0.1, 0.15) is 24.4 Å². The fourth-order valence-electron chi connectivity index (χ4n) is 4.00. The number of nitrogens with one attached hydrogen (secondary N) is 2. The van der Waals surface area contributed by atoms with Crippen LogP contribution in [0.3, 0.4) is 0 Å². The molecule has 0 spiro atoms. The SMILES string of the molecule is CC(N)=NCCCCC(NP(=O)(CN(C(=O)CN)C(CSCCN=C(C)N)C(=O)O)NC(CCCCN=C(C)N)C(=O)O)C(=O)O.Cl.Cl.Cl.Cl. The Bertz CT molecular complexity index is 1100. The topological polar surface area (TPSA) is 315 Å². The summed E-state index contributed by atoms with van der Waals surface area (Å²) in [6, 6.07) is -4.41. The summed E-state index contributed by atoms with van der Waals surface area (Å²) in [4.78, 5) is 62.7. The Labute approximate surface area is 322 Å². The van der Waals surface area contributed by atoms with E-state index < -0.39 is 62.2 Å². The zero-order valence-corrected chi connectivity index (χ0v) is 33.4. The number of rotatable bonds is 26. The maximum absolute atomic E-state index is 14.5. The summed E-state index contributed by atoms with van der Waals surface area (Å²) in [6.45, 7) is 5.15. The molecule has 0 rings (SSSR count). The van der Waals surface area contributed by atoms with Gasteiger partial charge < -0.3 is 43.2 Å². The standard InChI is InChI=1S/C26H51N10O8PS.4ClH/c1-17(28)31-10-6-4-8-20(24(38)39)34-45(44,35-21(25(40)41)9-5-7-11-32-18(2)29)16-36(23(37)14-27)22(26(42)43)15-46-13-12-33-19(3)30;;;;/h20-22H,4-16,27H2,1-3H3,(H2,28,31)(H2,29,32)(H2,30,33)(H,38,39)(H,40,41)(H,42,43)(H2,34,35,44);4*1H. The van der Waals surface area contributed by atoms with Gasteiger partial charge in [0, 0.05) is 31.1 Å². The Morgan fingerprint density at radius 2 is 1.12 bits per heavy atom. The molecule has 3 unspecified atom stereocenters. The fraction of sp³-hybridized carbons (Fsp3) is 0.731. The smallest absolute Gasteiger partial charge is 0.327 e. The molecule has 0 saturated heterocycles. The molecule has 0 heterocycles. The minimum absolute atomic E-state index is 0. The van der Waals surface area contributed by atoms with E-state index in [1.807, 2.05) is 0 Å². The lowest BCUT2D eigenvalue weighted by Crippen LogP contribution is -2.53. The van der Waals surface area contributed by atoms with Crippen molar-refractivity contribution < 1.29 is 39.1 Å². The zero-order chi connectivity index (χ0) is 35.3. The van der Waals surface area contributed by atoms with E-state index in [9.17, 15) is 39.1 Å². The lowest BCUT2D eigenvalue weighted by atomic mass is 10.1. The molecule has 0 aliphatic rings. The molecule has 24 heteroatoms. The van der Waals surface area contributed by atoms with Crippen molar-refractivity contribution in [3.05, 3.63) is 0 Å². The molecule has 296 valence electrons. The van der Waals surface area contributed by atoms with Gasteiger partial charge in [-0.2, -0.15) is 11.8 Å². The molecular weight excluding hydrogens is 785 g/mol. The number of unbranched alkanes of at least 4 members (excludes halogenated alkanes) is 2. The monoisotopic (exact) mass is 838 g/mol. The highest BCUT2D eigenvalue weighted by atomic mass is 35.5. The molecule has 0 aromatic rings. The number of aliphatic carboxylic acids is 3. The predicted octanol–water partition coefficient (Wildman–Crippen LogP) is 1.36. The molecule has 0 radical (unpaired) electrons. The van der Waals surface area contributed by atoms with E-state index >= 15 is 0 Å². The van der Waals surface area contributed by atoms with Crippen LogP contribution >= 0.6 is 68.8 Å². The number of carbonyl (C=O) groups is 4. The van der Waals surface area contributed by atoms with Crippen LogP contribution in [-0.4, -0.2) is 124 Å². The molecule has 3 atom stereocenters. The molecular formula is C26H55Cl4N10O8PS. The van der Waals surface area contributed by atoms with Crippen molar-refractivity contribution in [2.24, 2.45) is 37.9 Å². The maximum atomic E-state index is 14.5. The number of thioether (sulfide) groups is 1. The van der Waals surface area contributed by atoms with E-state index in [2.05, 4.69) is 25.2 Å². The number of aliphatic imine (C=N–C) groups is 3. The maximum Gasteiger partial charge on any atom is 0.327 e. The Balaban J connectivity index is -0.00000169. The second-order valence-electron chi connectivity index (χ2n) is 10.5. The Morgan fingerprint density at radius 1 is 0.720 bits per heavy atom. The summed E-state index contributed by atoms with van der Waals surface area (Å²) >= 11 is 1.15. The van der Waals surface area contributed by atoms with E-state index in [1.165, 1.54) is 0 Å². The first kappa shape index (κ1) is 57.3. The van der Waals surface area contributed by atoms with E-state index in [4.69, 9.17) is 22.9 Å². The van der Waals surface area contributed by atoms with Gasteiger partial charge in [0.25, 0.3) is 0 Å². The largest absolute Gasteiger partial charge is 0.480 e. The lowest BCUT2D eigenvalue weighted by molar-refractivity contribution is -0.148. The highest BCUT2D eigenvalue weighted by molar-refractivity contribution is 7.99. The van der Waals surface area contributed by atoms with Gasteiger partial charge in [-0.1, -0.05) is 0 Å². The van der Waals surface area contributed by atoms with E-state index in [0.717, 1.165) is 16.7 Å². The molecule has 0 aliphatic heterocycles. The average molecular weight is 841 g/mol. The van der Waals surface area contributed by atoms with Gasteiger partial charge in [-0.15, -0.1) is 49.6 Å². The fourth-order valence-corrected chi connectivity index (χ4v) is 7.44. The summed E-state index contributed by atoms with van der Waals surface area (Å²) in [5.41, 5.74) is 22.2. The number of carboxylic acids is 3. The first-order chi connectivity index (χ1) is 21.5. The minimum atomic E-state index is -4.37. The second-order valence-corrected chi connectivity index (χ2v) is 13.9. The average Bonchev–Trinajstić information content (AvgIpc) is 2.95. The Morgan fingerprint density at radius 3 is 1.46 bits per heavy atom. The summed E-state index contributed by atoms with van der Waals surface area (Å²) in [5, 5.41) is 35.0. The number of halogens is 4. The van der Waals surface area contributed by atoms with Crippen LogP contribution < -0.4 is 33.1 Å². The number of carboxylic acid groups (broad SMARTS) is 3. The minimum Gasteiger partial charge on any atom is -0.480 e. The zero-order valence-electron chi connectivity index (χ0n) is 28.4. The number of carbonyl (C=O) groups excluding carboxylic acids is 1. The highest BCUT2D eigenvalue weighted by Crippen LogP contribution is 2.40. The van der Waals surface area contributed by atoms with Gasteiger partial charge in [0.2, 0.25) is 13.4 Å². The molecule has 0 aromatic heterocycles. The molecule has 0 aromatic carbocycles. The number of nitrogens with zero attached hydrogens (tertiary/aromatic N) is 4. The molecule has 0 fully saturated rings.